The summed E-state index contributed by atoms with van der Waals surface area (Å²) in [7, 11) is 0. The average Bonchev–Trinajstić information content (AvgIpc) is 3.08. The maximum absolute atomic E-state index is 14.5. The normalized spacial score (nSPS) is 16.7. The SMILES string of the molecule is NC1CCN(c2cc(-c3c(F)cccc3Cl)cc(-c3ccccc3O)n2)C1. The minimum atomic E-state index is -0.402. The van der Waals surface area contributed by atoms with Crippen LogP contribution < -0.4 is 10.6 Å². The Morgan fingerprint density at radius 2 is 1.96 bits per heavy atom. The largest absolute Gasteiger partial charge is 0.507 e. The highest BCUT2D eigenvalue weighted by atomic mass is 35.5. The summed E-state index contributed by atoms with van der Waals surface area (Å²) in [6.07, 6.45) is 0.873. The zero-order valence-corrected chi connectivity index (χ0v) is 15.3. The molecule has 0 bridgehead atoms. The molecule has 1 aromatic heterocycles. The fraction of sp³-hybridized carbons (Fsp3) is 0.190. The Morgan fingerprint density at radius 1 is 1.15 bits per heavy atom. The number of hydrogen-bond donors (Lipinski definition) is 2. The molecule has 0 spiro atoms. The monoisotopic (exact) mass is 383 g/mol. The van der Waals surface area contributed by atoms with Crippen LogP contribution in [0, 0.1) is 5.82 Å². The molecule has 0 aliphatic carbocycles. The summed E-state index contributed by atoms with van der Waals surface area (Å²) in [5.41, 5.74) is 8.11. The Kier molecular flexibility index (Phi) is 4.72. The number of para-hydroxylation sites is 1. The lowest BCUT2D eigenvalue weighted by Crippen LogP contribution is -2.27. The summed E-state index contributed by atoms with van der Waals surface area (Å²) >= 11 is 6.29. The van der Waals surface area contributed by atoms with Crippen LogP contribution in [-0.4, -0.2) is 29.2 Å². The molecule has 1 saturated heterocycles. The fourth-order valence-corrected chi connectivity index (χ4v) is 3.69. The Morgan fingerprint density at radius 3 is 2.67 bits per heavy atom. The molecule has 6 heteroatoms. The molecule has 1 fully saturated rings. The molecule has 0 saturated carbocycles. The molecule has 4 rings (SSSR count). The third kappa shape index (κ3) is 3.48. The van der Waals surface area contributed by atoms with Crippen molar-refractivity contribution < 1.29 is 9.50 Å². The third-order valence-corrected chi connectivity index (χ3v) is 5.11. The van der Waals surface area contributed by atoms with Crippen molar-refractivity contribution in [1.29, 1.82) is 0 Å². The standard InChI is InChI=1S/C21H19ClFN3O/c22-16-5-3-6-17(23)21(16)13-10-18(15-4-1-2-7-19(15)27)25-20(11-13)26-9-8-14(24)12-26/h1-7,10-11,14,27H,8-9,12,24H2. The second-order valence-corrected chi connectivity index (χ2v) is 7.12. The lowest BCUT2D eigenvalue weighted by atomic mass is 10.0. The van der Waals surface area contributed by atoms with E-state index in [1.165, 1.54) is 6.07 Å². The van der Waals surface area contributed by atoms with Crippen molar-refractivity contribution in [2.45, 2.75) is 12.5 Å². The minimum absolute atomic E-state index is 0.0843. The number of nitrogens with zero attached hydrogens (tertiary/aromatic N) is 2. The van der Waals surface area contributed by atoms with E-state index in [9.17, 15) is 9.50 Å². The van der Waals surface area contributed by atoms with Crippen molar-refractivity contribution in [1.82, 2.24) is 4.98 Å². The van der Waals surface area contributed by atoms with Gasteiger partial charge in [0.05, 0.1) is 10.7 Å². The van der Waals surface area contributed by atoms with E-state index in [4.69, 9.17) is 22.3 Å². The van der Waals surface area contributed by atoms with Gasteiger partial charge in [0.25, 0.3) is 0 Å². The van der Waals surface area contributed by atoms with Crippen LogP contribution in [0.2, 0.25) is 5.02 Å². The lowest BCUT2D eigenvalue weighted by molar-refractivity contribution is 0.477. The maximum atomic E-state index is 14.5. The van der Waals surface area contributed by atoms with Gasteiger partial charge in [0.15, 0.2) is 0 Å². The van der Waals surface area contributed by atoms with Crippen molar-refractivity contribution in [3.05, 3.63) is 65.4 Å². The van der Waals surface area contributed by atoms with Crippen LogP contribution in [0.15, 0.2) is 54.6 Å². The summed E-state index contributed by atoms with van der Waals surface area (Å²) in [6, 6.07) is 15.2. The zero-order chi connectivity index (χ0) is 19.0. The van der Waals surface area contributed by atoms with Crippen molar-refractivity contribution in [3.8, 4) is 28.1 Å². The van der Waals surface area contributed by atoms with E-state index in [0.717, 1.165) is 13.0 Å². The van der Waals surface area contributed by atoms with Gasteiger partial charge in [-0.15, -0.1) is 0 Å². The molecule has 1 atom stereocenters. The van der Waals surface area contributed by atoms with Crippen LogP contribution in [0.3, 0.4) is 0 Å². The molecule has 3 N–H and O–H groups in total. The maximum Gasteiger partial charge on any atom is 0.132 e. The number of phenolic OH excluding ortho intramolecular Hbond substituents is 1. The van der Waals surface area contributed by atoms with Crippen LogP contribution in [0.5, 0.6) is 5.75 Å². The second kappa shape index (κ2) is 7.18. The number of benzene rings is 2. The third-order valence-electron chi connectivity index (χ3n) is 4.79. The summed E-state index contributed by atoms with van der Waals surface area (Å²) in [5.74, 6) is 0.407. The van der Waals surface area contributed by atoms with E-state index in [-0.39, 0.29) is 11.8 Å². The van der Waals surface area contributed by atoms with E-state index in [0.29, 0.717) is 39.8 Å². The molecule has 2 heterocycles. The highest BCUT2D eigenvalue weighted by Crippen LogP contribution is 2.37. The number of phenols is 1. The first kappa shape index (κ1) is 17.8. The van der Waals surface area contributed by atoms with E-state index in [1.54, 1.807) is 36.4 Å². The first-order chi connectivity index (χ1) is 13.0. The van der Waals surface area contributed by atoms with Gasteiger partial charge in [0, 0.05) is 30.3 Å². The molecule has 1 aliphatic heterocycles. The number of anilines is 1. The van der Waals surface area contributed by atoms with E-state index in [1.807, 2.05) is 12.1 Å². The molecule has 0 amide bonds. The molecular formula is C21H19ClFN3O. The van der Waals surface area contributed by atoms with Crippen LogP contribution in [0.25, 0.3) is 22.4 Å². The van der Waals surface area contributed by atoms with Gasteiger partial charge in [-0.25, -0.2) is 9.37 Å². The first-order valence-corrected chi connectivity index (χ1v) is 9.16. The van der Waals surface area contributed by atoms with Crippen LogP contribution in [0.4, 0.5) is 10.2 Å². The Labute approximate surface area is 162 Å². The molecular weight excluding hydrogens is 365 g/mol. The number of rotatable bonds is 3. The highest BCUT2D eigenvalue weighted by molar-refractivity contribution is 6.33. The topological polar surface area (TPSA) is 62.4 Å². The molecule has 1 aliphatic rings. The van der Waals surface area contributed by atoms with Gasteiger partial charge >= 0.3 is 0 Å². The molecule has 4 nitrogen and oxygen atoms in total. The van der Waals surface area contributed by atoms with Crippen LogP contribution in [0.1, 0.15) is 6.42 Å². The quantitative estimate of drug-likeness (QED) is 0.701. The number of pyridine rings is 1. The molecule has 138 valence electrons. The summed E-state index contributed by atoms with van der Waals surface area (Å²) in [5, 5.41) is 10.6. The van der Waals surface area contributed by atoms with Gasteiger partial charge in [-0.05, 0) is 48.4 Å². The number of aromatic nitrogens is 1. The molecule has 1 unspecified atom stereocenters. The second-order valence-electron chi connectivity index (χ2n) is 6.71. The first-order valence-electron chi connectivity index (χ1n) is 8.78. The lowest BCUT2D eigenvalue weighted by Gasteiger charge is -2.20. The van der Waals surface area contributed by atoms with Crippen molar-refractivity contribution in [3.63, 3.8) is 0 Å². The van der Waals surface area contributed by atoms with E-state index < -0.39 is 5.82 Å². The van der Waals surface area contributed by atoms with Crippen molar-refractivity contribution in [2.24, 2.45) is 5.73 Å². The van der Waals surface area contributed by atoms with Gasteiger partial charge in [0.1, 0.15) is 17.4 Å². The van der Waals surface area contributed by atoms with Gasteiger partial charge in [0.2, 0.25) is 0 Å². The predicted molar refractivity (Wildman–Crippen MR) is 107 cm³/mol. The van der Waals surface area contributed by atoms with Crippen LogP contribution in [-0.2, 0) is 0 Å². The Hall–Kier alpha value is -2.63. The number of nitrogens with two attached hydrogens (primary N) is 1. The summed E-state index contributed by atoms with van der Waals surface area (Å²) in [4.78, 5) is 6.79. The van der Waals surface area contributed by atoms with Gasteiger partial charge in [-0.3, -0.25) is 0 Å². The molecule has 3 aromatic rings. The van der Waals surface area contributed by atoms with Gasteiger partial charge < -0.3 is 15.7 Å². The number of hydrogen-bond acceptors (Lipinski definition) is 4. The van der Waals surface area contributed by atoms with Gasteiger partial charge in [-0.2, -0.15) is 0 Å². The fourth-order valence-electron chi connectivity index (χ4n) is 3.42. The number of halogens is 2. The van der Waals surface area contributed by atoms with E-state index >= 15 is 0 Å². The molecule has 2 aromatic carbocycles. The van der Waals surface area contributed by atoms with Crippen LogP contribution >= 0.6 is 11.6 Å². The van der Waals surface area contributed by atoms with E-state index in [2.05, 4.69) is 4.90 Å². The Balaban J connectivity index is 1.91. The minimum Gasteiger partial charge on any atom is -0.507 e. The summed E-state index contributed by atoms with van der Waals surface area (Å²) < 4.78 is 14.5. The van der Waals surface area contributed by atoms with Crippen molar-refractivity contribution in [2.75, 3.05) is 18.0 Å². The Bertz CT molecular complexity index is 975. The smallest absolute Gasteiger partial charge is 0.132 e. The molecule has 27 heavy (non-hydrogen) atoms. The summed E-state index contributed by atoms with van der Waals surface area (Å²) in [6.45, 7) is 1.46. The van der Waals surface area contributed by atoms with Gasteiger partial charge in [-0.1, -0.05) is 29.8 Å². The average molecular weight is 384 g/mol. The number of aromatic hydroxyl groups is 1. The molecule has 0 radical (unpaired) electrons. The predicted octanol–water partition coefficient (Wildman–Crippen LogP) is 4.45. The van der Waals surface area contributed by atoms with Crippen molar-refractivity contribution >= 4 is 17.4 Å². The zero-order valence-electron chi connectivity index (χ0n) is 14.6. The highest BCUT2D eigenvalue weighted by Gasteiger charge is 2.23.